The number of rotatable bonds is 5. The van der Waals surface area contributed by atoms with Crippen LogP contribution in [-0.2, 0) is 6.54 Å². The van der Waals surface area contributed by atoms with Crippen molar-refractivity contribution in [2.24, 2.45) is 0 Å². The number of ether oxygens (including phenoxy) is 1. The van der Waals surface area contributed by atoms with Crippen LogP contribution in [0.1, 0.15) is 18.1 Å². The monoisotopic (exact) mass is 293 g/mol. The van der Waals surface area contributed by atoms with Crippen LogP contribution in [0.2, 0.25) is 5.02 Å². The Morgan fingerprint density at radius 3 is 2.70 bits per heavy atom. The molecular weight excluding hydrogens is 277 g/mol. The maximum atomic E-state index is 13.1. The molecule has 2 aromatic rings. The number of benzene rings is 2. The zero-order chi connectivity index (χ0) is 14.5. The quantitative estimate of drug-likeness (QED) is 0.855. The highest BCUT2D eigenvalue weighted by Crippen LogP contribution is 2.28. The summed E-state index contributed by atoms with van der Waals surface area (Å²) in [6.45, 7) is 5.00. The van der Waals surface area contributed by atoms with E-state index in [9.17, 15) is 4.39 Å². The van der Waals surface area contributed by atoms with Crippen LogP contribution in [0.25, 0.3) is 0 Å². The second-order valence-corrected chi connectivity index (χ2v) is 4.93. The smallest absolute Gasteiger partial charge is 0.142 e. The Kier molecular flexibility index (Phi) is 4.85. The van der Waals surface area contributed by atoms with Crippen molar-refractivity contribution in [1.82, 2.24) is 0 Å². The minimum absolute atomic E-state index is 0.219. The molecule has 4 heteroatoms. The van der Waals surface area contributed by atoms with Gasteiger partial charge in [0.05, 0.1) is 12.3 Å². The fourth-order valence-corrected chi connectivity index (χ4v) is 2.14. The molecule has 106 valence electrons. The maximum absolute atomic E-state index is 13.1. The van der Waals surface area contributed by atoms with E-state index >= 15 is 0 Å². The normalized spacial score (nSPS) is 10.4. The van der Waals surface area contributed by atoms with Crippen molar-refractivity contribution in [1.29, 1.82) is 0 Å². The molecule has 0 saturated carbocycles. The molecular formula is C16H17ClFNO. The highest BCUT2D eigenvalue weighted by Gasteiger charge is 2.06. The van der Waals surface area contributed by atoms with Crippen LogP contribution in [0.4, 0.5) is 10.1 Å². The van der Waals surface area contributed by atoms with Gasteiger partial charge in [-0.05, 0) is 55.3 Å². The fraction of sp³-hybridized carbons (Fsp3) is 0.250. The molecule has 2 nitrogen and oxygen atoms in total. The molecule has 0 aliphatic heterocycles. The predicted octanol–water partition coefficient (Wildman–Crippen LogP) is 4.80. The first-order chi connectivity index (χ1) is 9.60. The second kappa shape index (κ2) is 6.62. The van der Waals surface area contributed by atoms with Gasteiger partial charge in [0.15, 0.2) is 0 Å². The summed E-state index contributed by atoms with van der Waals surface area (Å²) >= 11 is 6.01. The Labute approximate surface area is 123 Å². The van der Waals surface area contributed by atoms with Crippen molar-refractivity contribution in [3.63, 3.8) is 0 Å². The third-order valence-corrected chi connectivity index (χ3v) is 3.25. The van der Waals surface area contributed by atoms with Gasteiger partial charge in [0.1, 0.15) is 11.6 Å². The third kappa shape index (κ3) is 3.64. The molecule has 0 heterocycles. The van der Waals surface area contributed by atoms with E-state index in [2.05, 4.69) is 5.32 Å². The van der Waals surface area contributed by atoms with Crippen molar-refractivity contribution >= 4 is 17.3 Å². The summed E-state index contributed by atoms with van der Waals surface area (Å²) in [5.74, 6) is 0.542. The number of nitrogens with one attached hydrogen (secondary N) is 1. The lowest BCUT2D eigenvalue weighted by molar-refractivity contribution is 0.341. The van der Waals surface area contributed by atoms with Crippen LogP contribution in [0.15, 0.2) is 36.4 Å². The van der Waals surface area contributed by atoms with Gasteiger partial charge in [-0.15, -0.1) is 0 Å². The molecule has 1 N–H and O–H groups in total. The zero-order valence-corrected chi connectivity index (χ0v) is 12.3. The van der Waals surface area contributed by atoms with E-state index in [1.54, 1.807) is 12.1 Å². The highest BCUT2D eigenvalue weighted by atomic mass is 35.5. The van der Waals surface area contributed by atoms with Gasteiger partial charge in [0.2, 0.25) is 0 Å². The molecule has 0 saturated heterocycles. The average molecular weight is 294 g/mol. The van der Waals surface area contributed by atoms with Crippen LogP contribution < -0.4 is 10.1 Å². The van der Waals surface area contributed by atoms with Gasteiger partial charge in [0.25, 0.3) is 0 Å². The first-order valence-electron chi connectivity index (χ1n) is 6.51. The minimum Gasteiger partial charge on any atom is -0.492 e. The molecule has 0 fully saturated rings. The highest BCUT2D eigenvalue weighted by molar-refractivity contribution is 6.30. The van der Waals surface area contributed by atoms with Gasteiger partial charge in [-0.3, -0.25) is 0 Å². The first-order valence-corrected chi connectivity index (χ1v) is 6.89. The lowest BCUT2D eigenvalue weighted by atomic mass is 10.1. The van der Waals surface area contributed by atoms with Crippen LogP contribution in [0.5, 0.6) is 5.75 Å². The van der Waals surface area contributed by atoms with E-state index in [0.717, 1.165) is 22.6 Å². The van der Waals surface area contributed by atoms with E-state index in [1.165, 1.54) is 12.1 Å². The summed E-state index contributed by atoms with van der Waals surface area (Å²) in [6.07, 6.45) is 0. The van der Waals surface area contributed by atoms with Crippen molar-refractivity contribution in [2.45, 2.75) is 20.4 Å². The van der Waals surface area contributed by atoms with E-state index in [4.69, 9.17) is 16.3 Å². The van der Waals surface area contributed by atoms with Crippen LogP contribution >= 0.6 is 11.6 Å². The standard InChI is InChI=1S/C16H17ClFNO/c1-3-20-16-7-5-13(17)9-15(16)19-10-12-4-6-14(18)8-11(12)2/h4-9,19H,3,10H2,1-2H3. The molecule has 0 aliphatic rings. The summed E-state index contributed by atoms with van der Waals surface area (Å²) in [7, 11) is 0. The lowest BCUT2D eigenvalue weighted by Crippen LogP contribution is -2.04. The molecule has 0 aromatic heterocycles. The SMILES string of the molecule is CCOc1ccc(Cl)cc1NCc1ccc(F)cc1C. The molecule has 0 aliphatic carbocycles. The molecule has 20 heavy (non-hydrogen) atoms. The van der Waals surface area contributed by atoms with E-state index in [0.29, 0.717) is 18.2 Å². The molecule has 0 spiro atoms. The Morgan fingerprint density at radius 1 is 1.20 bits per heavy atom. The van der Waals surface area contributed by atoms with Gasteiger partial charge < -0.3 is 10.1 Å². The predicted molar refractivity (Wildman–Crippen MR) is 81.1 cm³/mol. The molecule has 2 rings (SSSR count). The summed E-state index contributed by atoms with van der Waals surface area (Å²) in [5.41, 5.74) is 2.79. The Hall–Kier alpha value is -1.74. The zero-order valence-electron chi connectivity index (χ0n) is 11.5. The molecule has 0 unspecified atom stereocenters. The fourth-order valence-electron chi connectivity index (χ4n) is 1.97. The average Bonchev–Trinajstić information content (AvgIpc) is 2.41. The van der Waals surface area contributed by atoms with E-state index in [-0.39, 0.29) is 5.82 Å². The van der Waals surface area contributed by atoms with Gasteiger partial charge in [-0.1, -0.05) is 17.7 Å². The Balaban J connectivity index is 2.15. The molecule has 0 atom stereocenters. The molecule has 0 radical (unpaired) electrons. The summed E-state index contributed by atoms with van der Waals surface area (Å²) in [5, 5.41) is 3.93. The Morgan fingerprint density at radius 2 is 2.00 bits per heavy atom. The van der Waals surface area contributed by atoms with Crippen LogP contribution in [0.3, 0.4) is 0 Å². The van der Waals surface area contributed by atoms with Gasteiger partial charge in [-0.2, -0.15) is 0 Å². The lowest BCUT2D eigenvalue weighted by Gasteiger charge is -2.14. The largest absolute Gasteiger partial charge is 0.492 e. The number of hydrogen-bond acceptors (Lipinski definition) is 2. The molecule has 2 aromatic carbocycles. The van der Waals surface area contributed by atoms with Gasteiger partial charge >= 0.3 is 0 Å². The summed E-state index contributed by atoms with van der Waals surface area (Å²) in [6, 6.07) is 10.2. The maximum Gasteiger partial charge on any atom is 0.142 e. The third-order valence-electron chi connectivity index (χ3n) is 3.02. The van der Waals surface area contributed by atoms with Crippen LogP contribution in [-0.4, -0.2) is 6.61 Å². The minimum atomic E-state index is -0.219. The van der Waals surface area contributed by atoms with Crippen molar-refractivity contribution < 1.29 is 9.13 Å². The van der Waals surface area contributed by atoms with Gasteiger partial charge in [-0.25, -0.2) is 4.39 Å². The number of aryl methyl sites for hydroxylation is 1. The second-order valence-electron chi connectivity index (χ2n) is 4.50. The topological polar surface area (TPSA) is 21.3 Å². The number of halogens is 2. The Bertz CT molecular complexity index is 601. The van der Waals surface area contributed by atoms with Crippen molar-refractivity contribution in [2.75, 3.05) is 11.9 Å². The number of hydrogen-bond donors (Lipinski definition) is 1. The summed E-state index contributed by atoms with van der Waals surface area (Å²) < 4.78 is 18.6. The van der Waals surface area contributed by atoms with E-state index in [1.807, 2.05) is 26.0 Å². The van der Waals surface area contributed by atoms with Crippen LogP contribution in [0, 0.1) is 12.7 Å². The number of anilines is 1. The van der Waals surface area contributed by atoms with Crippen molar-refractivity contribution in [3.8, 4) is 5.75 Å². The molecule has 0 bridgehead atoms. The van der Waals surface area contributed by atoms with E-state index < -0.39 is 0 Å². The van der Waals surface area contributed by atoms with Crippen molar-refractivity contribution in [3.05, 3.63) is 58.4 Å². The first kappa shape index (κ1) is 14.7. The molecule has 0 amide bonds. The van der Waals surface area contributed by atoms with Gasteiger partial charge in [0, 0.05) is 11.6 Å². The summed E-state index contributed by atoms with van der Waals surface area (Å²) in [4.78, 5) is 0.